The molecule has 6 nitrogen and oxygen atoms in total. The molecule has 0 bridgehead atoms. The van der Waals surface area contributed by atoms with Gasteiger partial charge < -0.3 is 15.1 Å². The summed E-state index contributed by atoms with van der Waals surface area (Å²) in [6, 6.07) is 7.92. The minimum absolute atomic E-state index is 0.0326. The van der Waals surface area contributed by atoms with Gasteiger partial charge in [-0.1, -0.05) is 6.07 Å². The van der Waals surface area contributed by atoms with Crippen LogP contribution in [0.3, 0.4) is 0 Å². The summed E-state index contributed by atoms with van der Waals surface area (Å²) in [4.78, 5) is 32.8. The van der Waals surface area contributed by atoms with Gasteiger partial charge in [0.05, 0.1) is 0 Å². The molecule has 1 saturated heterocycles. The number of halogens is 1. The molecular weight excluding hydrogens is 371 g/mol. The second-order valence-electron chi connectivity index (χ2n) is 7.49. The summed E-state index contributed by atoms with van der Waals surface area (Å²) in [5.41, 5.74) is 2.51. The van der Waals surface area contributed by atoms with Gasteiger partial charge in [-0.2, -0.15) is 0 Å². The van der Waals surface area contributed by atoms with Crippen molar-refractivity contribution < 1.29 is 14.0 Å². The Hall–Kier alpha value is -2.96. The number of pyridine rings is 1. The number of carbonyl (C=O) groups excluding carboxylic acids is 2. The summed E-state index contributed by atoms with van der Waals surface area (Å²) in [6.45, 7) is 6.03. The van der Waals surface area contributed by atoms with Gasteiger partial charge >= 0.3 is 6.03 Å². The number of nitrogens with zero attached hydrogens (tertiary/aromatic N) is 3. The van der Waals surface area contributed by atoms with E-state index in [2.05, 4.69) is 10.3 Å². The number of carbonyl (C=O) groups is 2. The van der Waals surface area contributed by atoms with Crippen molar-refractivity contribution in [1.29, 1.82) is 0 Å². The van der Waals surface area contributed by atoms with Crippen LogP contribution in [0.5, 0.6) is 0 Å². The fourth-order valence-corrected chi connectivity index (χ4v) is 3.57. The summed E-state index contributed by atoms with van der Waals surface area (Å²) >= 11 is 0. The van der Waals surface area contributed by atoms with Crippen molar-refractivity contribution in [2.24, 2.45) is 0 Å². The lowest BCUT2D eigenvalue weighted by Gasteiger charge is -2.24. The fourth-order valence-electron chi connectivity index (χ4n) is 3.57. The molecule has 0 radical (unpaired) electrons. The maximum absolute atomic E-state index is 13.3. The van der Waals surface area contributed by atoms with E-state index in [1.165, 1.54) is 12.1 Å². The molecule has 0 spiro atoms. The predicted molar refractivity (Wildman–Crippen MR) is 109 cm³/mol. The summed E-state index contributed by atoms with van der Waals surface area (Å²) in [5.74, 6) is -0.284. The number of rotatable bonds is 4. The molecule has 7 heteroatoms. The molecule has 3 amide bonds. The Morgan fingerprint density at radius 3 is 2.52 bits per heavy atom. The van der Waals surface area contributed by atoms with E-state index in [1.807, 2.05) is 13.8 Å². The van der Waals surface area contributed by atoms with Crippen molar-refractivity contribution in [3.05, 3.63) is 65.2 Å². The Morgan fingerprint density at radius 1 is 1.10 bits per heavy atom. The zero-order valence-electron chi connectivity index (χ0n) is 16.9. The Balaban J connectivity index is 1.53. The molecule has 1 atom stereocenters. The first-order valence-electron chi connectivity index (χ1n) is 9.94. The quantitative estimate of drug-likeness (QED) is 0.861. The first kappa shape index (κ1) is 20.8. The Kier molecular flexibility index (Phi) is 6.80. The van der Waals surface area contributed by atoms with Gasteiger partial charge in [0.15, 0.2) is 0 Å². The number of hydrogen-bond acceptors (Lipinski definition) is 3. The maximum Gasteiger partial charge on any atom is 0.317 e. The van der Waals surface area contributed by atoms with E-state index in [-0.39, 0.29) is 23.8 Å². The highest BCUT2D eigenvalue weighted by atomic mass is 19.1. The largest absolute Gasteiger partial charge is 0.337 e. The minimum Gasteiger partial charge on any atom is -0.337 e. The molecule has 1 unspecified atom stereocenters. The van der Waals surface area contributed by atoms with E-state index >= 15 is 0 Å². The number of aromatic nitrogens is 1. The molecule has 1 aliphatic rings. The van der Waals surface area contributed by atoms with Crippen LogP contribution in [0.1, 0.15) is 34.8 Å². The SMILES string of the molecule is Cc1cc(F)ccc1CC(C)NC(=O)N1CCCN(C(=O)c2ccncc2)CC1. The molecule has 1 fully saturated rings. The zero-order valence-corrected chi connectivity index (χ0v) is 16.9. The van der Waals surface area contributed by atoms with Gasteiger partial charge in [-0.3, -0.25) is 9.78 Å². The first-order valence-corrected chi connectivity index (χ1v) is 9.94. The van der Waals surface area contributed by atoms with Crippen molar-refractivity contribution in [2.45, 2.75) is 32.7 Å². The smallest absolute Gasteiger partial charge is 0.317 e. The molecule has 0 saturated carbocycles. The van der Waals surface area contributed by atoms with Crippen LogP contribution >= 0.6 is 0 Å². The fraction of sp³-hybridized carbons (Fsp3) is 0.409. The molecule has 2 aromatic rings. The lowest BCUT2D eigenvalue weighted by molar-refractivity contribution is 0.0762. The van der Waals surface area contributed by atoms with Crippen LogP contribution in [0.2, 0.25) is 0 Å². The van der Waals surface area contributed by atoms with E-state index in [1.54, 1.807) is 40.4 Å². The van der Waals surface area contributed by atoms with Crippen LogP contribution in [-0.2, 0) is 6.42 Å². The maximum atomic E-state index is 13.3. The molecule has 1 N–H and O–H groups in total. The van der Waals surface area contributed by atoms with Crippen molar-refractivity contribution in [3.8, 4) is 0 Å². The molecule has 154 valence electrons. The van der Waals surface area contributed by atoms with Gasteiger partial charge in [0.2, 0.25) is 0 Å². The number of amides is 3. The Labute approximate surface area is 170 Å². The third kappa shape index (κ3) is 5.53. The highest BCUT2D eigenvalue weighted by Gasteiger charge is 2.23. The van der Waals surface area contributed by atoms with Crippen LogP contribution < -0.4 is 5.32 Å². The number of benzene rings is 1. The summed E-state index contributed by atoms with van der Waals surface area (Å²) in [5, 5.41) is 3.02. The van der Waals surface area contributed by atoms with Gasteiger partial charge in [0.1, 0.15) is 5.82 Å². The van der Waals surface area contributed by atoms with Crippen molar-refractivity contribution in [2.75, 3.05) is 26.2 Å². The lowest BCUT2D eigenvalue weighted by Crippen LogP contribution is -2.46. The average molecular weight is 398 g/mol. The van der Waals surface area contributed by atoms with Crippen molar-refractivity contribution in [1.82, 2.24) is 20.1 Å². The van der Waals surface area contributed by atoms with Crippen molar-refractivity contribution in [3.63, 3.8) is 0 Å². The topological polar surface area (TPSA) is 65.5 Å². The third-order valence-electron chi connectivity index (χ3n) is 5.20. The summed E-state index contributed by atoms with van der Waals surface area (Å²) in [7, 11) is 0. The highest BCUT2D eigenvalue weighted by Crippen LogP contribution is 2.13. The Bertz CT molecular complexity index is 859. The van der Waals surface area contributed by atoms with Crippen molar-refractivity contribution >= 4 is 11.9 Å². The molecule has 1 aromatic carbocycles. The van der Waals surface area contributed by atoms with E-state index in [0.29, 0.717) is 38.2 Å². The molecule has 0 aliphatic carbocycles. The van der Waals surface area contributed by atoms with Crippen LogP contribution in [0.4, 0.5) is 9.18 Å². The van der Waals surface area contributed by atoms with Crippen LogP contribution in [0.25, 0.3) is 0 Å². The number of urea groups is 1. The molecule has 29 heavy (non-hydrogen) atoms. The van der Waals surface area contributed by atoms with Gasteiger partial charge in [0.25, 0.3) is 5.91 Å². The summed E-state index contributed by atoms with van der Waals surface area (Å²) in [6.07, 6.45) is 4.58. The number of hydrogen-bond donors (Lipinski definition) is 1. The number of nitrogens with one attached hydrogen (secondary N) is 1. The average Bonchev–Trinajstić information content (AvgIpc) is 2.96. The van der Waals surface area contributed by atoms with E-state index in [9.17, 15) is 14.0 Å². The molecular formula is C22H27FN4O2. The van der Waals surface area contributed by atoms with E-state index in [0.717, 1.165) is 17.5 Å². The van der Waals surface area contributed by atoms with Gasteiger partial charge in [-0.25, -0.2) is 9.18 Å². The van der Waals surface area contributed by atoms with E-state index < -0.39 is 0 Å². The van der Waals surface area contributed by atoms with Gasteiger partial charge in [-0.15, -0.1) is 0 Å². The third-order valence-corrected chi connectivity index (χ3v) is 5.20. The monoisotopic (exact) mass is 398 g/mol. The second kappa shape index (κ2) is 9.49. The molecule has 1 aliphatic heterocycles. The van der Waals surface area contributed by atoms with Crippen LogP contribution in [0, 0.1) is 12.7 Å². The van der Waals surface area contributed by atoms with E-state index in [4.69, 9.17) is 0 Å². The van der Waals surface area contributed by atoms with Gasteiger partial charge in [0, 0.05) is 50.2 Å². The standard InChI is InChI=1S/C22H27FN4O2/c1-16-14-20(23)5-4-19(16)15-17(2)25-22(29)27-11-3-10-26(12-13-27)21(28)18-6-8-24-9-7-18/h4-9,14,17H,3,10-13,15H2,1-2H3,(H,25,29). The Morgan fingerprint density at radius 2 is 1.79 bits per heavy atom. The lowest BCUT2D eigenvalue weighted by atomic mass is 10.0. The molecule has 1 aromatic heterocycles. The van der Waals surface area contributed by atoms with Crippen LogP contribution in [0.15, 0.2) is 42.7 Å². The molecule has 2 heterocycles. The zero-order chi connectivity index (χ0) is 20.8. The first-order chi connectivity index (χ1) is 13.9. The normalized spacial score (nSPS) is 15.6. The minimum atomic E-state index is -0.252. The summed E-state index contributed by atoms with van der Waals surface area (Å²) < 4.78 is 13.3. The van der Waals surface area contributed by atoms with Gasteiger partial charge in [-0.05, 0) is 62.1 Å². The molecule has 3 rings (SSSR count). The highest BCUT2D eigenvalue weighted by molar-refractivity contribution is 5.94. The second-order valence-corrected chi connectivity index (χ2v) is 7.49. The van der Waals surface area contributed by atoms with Crippen LogP contribution in [-0.4, -0.2) is 58.9 Å². The predicted octanol–water partition coefficient (Wildman–Crippen LogP) is 3.02. The number of aryl methyl sites for hydroxylation is 1.